The van der Waals surface area contributed by atoms with E-state index in [1.54, 1.807) is 12.1 Å². The van der Waals surface area contributed by atoms with Crippen LogP contribution in [0.4, 0.5) is 5.69 Å². The molecular weight excluding hydrogens is 272 g/mol. The molecule has 1 unspecified atom stereocenters. The van der Waals surface area contributed by atoms with Crippen molar-refractivity contribution in [1.82, 2.24) is 4.72 Å². The molecule has 1 aromatic carbocycles. The van der Waals surface area contributed by atoms with Gasteiger partial charge in [-0.1, -0.05) is 19.8 Å². The largest absolute Gasteiger partial charge is 0.398 e. The summed E-state index contributed by atoms with van der Waals surface area (Å²) in [6.45, 7) is 5.84. The van der Waals surface area contributed by atoms with Crippen LogP contribution in [0.1, 0.15) is 43.7 Å². The minimum absolute atomic E-state index is 0.00788. The highest BCUT2D eigenvalue weighted by molar-refractivity contribution is 7.89. The Kier molecular flexibility index (Phi) is 4.39. The molecule has 0 amide bonds. The fraction of sp³-hybridized carbons (Fsp3) is 0.600. The number of rotatable bonds is 6. The molecule has 1 aliphatic carbocycles. The summed E-state index contributed by atoms with van der Waals surface area (Å²) in [6.07, 6.45) is 4.19. The summed E-state index contributed by atoms with van der Waals surface area (Å²) in [5.41, 5.74) is 8.15. The standard InChI is InChI=1S/C15H24N2O2S/c1-4-13(9-12-5-6-12)17-20(18,19)15-8-11(3)10(2)7-14(15)16/h7-8,12-13,17H,4-6,9,16H2,1-3H3. The Morgan fingerprint density at radius 1 is 1.30 bits per heavy atom. The number of nitrogens with two attached hydrogens (primary N) is 1. The molecule has 112 valence electrons. The maximum atomic E-state index is 12.5. The predicted octanol–water partition coefficient (Wildman–Crippen LogP) is 2.74. The van der Waals surface area contributed by atoms with E-state index in [2.05, 4.69) is 4.72 Å². The average molecular weight is 296 g/mol. The fourth-order valence-corrected chi connectivity index (χ4v) is 3.91. The third kappa shape index (κ3) is 3.52. The van der Waals surface area contributed by atoms with Gasteiger partial charge >= 0.3 is 0 Å². The number of hydrogen-bond acceptors (Lipinski definition) is 3. The first kappa shape index (κ1) is 15.3. The van der Waals surface area contributed by atoms with E-state index in [1.165, 1.54) is 12.8 Å². The van der Waals surface area contributed by atoms with E-state index in [9.17, 15) is 8.42 Å². The Morgan fingerprint density at radius 2 is 1.90 bits per heavy atom. The van der Waals surface area contributed by atoms with E-state index in [-0.39, 0.29) is 10.9 Å². The maximum Gasteiger partial charge on any atom is 0.242 e. The van der Waals surface area contributed by atoms with Crippen LogP contribution in [-0.4, -0.2) is 14.5 Å². The van der Waals surface area contributed by atoms with Crippen molar-refractivity contribution in [1.29, 1.82) is 0 Å². The smallest absolute Gasteiger partial charge is 0.242 e. The topological polar surface area (TPSA) is 72.2 Å². The van der Waals surface area contributed by atoms with Gasteiger partial charge in [-0.2, -0.15) is 0 Å². The van der Waals surface area contributed by atoms with Crippen molar-refractivity contribution < 1.29 is 8.42 Å². The summed E-state index contributed by atoms with van der Waals surface area (Å²) < 4.78 is 27.8. The Bertz CT molecular complexity index is 592. The monoisotopic (exact) mass is 296 g/mol. The number of anilines is 1. The predicted molar refractivity (Wildman–Crippen MR) is 82.1 cm³/mol. The molecule has 0 saturated heterocycles. The van der Waals surface area contributed by atoms with Gasteiger partial charge in [-0.3, -0.25) is 0 Å². The van der Waals surface area contributed by atoms with Crippen LogP contribution in [0.5, 0.6) is 0 Å². The maximum absolute atomic E-state index is 12.5. The molecule has 1 fully saturated rings. The normalized spacial score (nSPS) is 17.1. The van der Waals surface area contributed by atoms with Crippen LogP contribution in [0.25, 0.3) is 0 Å². The molecular formula is C15H24N2O2S. The first-order valence-corrected chi connectivity index (χ1v) is 8.71. The molecule has 4 nitrogen and oxygen atoms in total. The second kappa shape index (κ2) is 5.74. The van der Waals surface area contributed by atoms with Crippen LogP contribution in [0, 0.1) is 19.8 Å². The fourth-order valence-electron chi connectivity index (χ4n) is 2.38. The summed E-state index contributed by atoms with van der Waals surface area (Å²) in [5.74, 6) is 0.694. The van der Waals surface area contributed by atoms with E-state index in [0.29, 0.717) is 11.6 Å². The molecule has 1 aliphatic rings. The van der Waals surface area contributed by atoms with Crippen molar-refractivity contribution >= 4 is 15.7 Å². The Labute approximate surface area is 121 Å². The van der Waals surface area contributed by atoms with Gasteiger partial charge in [0.05, 0.1) is 5.69 Å². The van der Waals surface area contributed by atoms with Gasteiger partial charge in [-0.05, 0) is 55.9 Å². The number of nitrogen functional groups attached to an aromatic ring is 1. The van der Waals surface area contributed by atoms with Gasteiger partial charge in [0.25, 0.3) is 0 Å². The summed E-state index contributed by atoms with van der Waals surface area (Å²) in [6, 6.07) is 3.40. The molecule has 3 N–H and O–H groups in total. The van der Waals surface area contributed by atoms with E-state index in [4.69, 9.17) is 5.73 Å². The van der Waals surface area contributed by atoms with Crippen molar-refractivity contribution in [3.8, 4) is 0 Å². The van der Waals surface area contributed by atoms with Crippen LogP contribution in [0.3, 0.4) is 0 Å². The lowest BCUT2D eigenvalue weighted by Gasteiger charge is -2.18. The summed E-state index contributed by atoms with van der Waals surface area (Å²) in [5, 5.41) is 0. The molecule has 0 heterocycles. The van der Waals surface area contributed by atoms with Gasteiger partial charge in [-0.25, -0.2) is 13.1 Å². The number of aryl methyl sites for hydroxylation is 2. The lowest BCUT2D eigenvalue weighted by Crippen LogP contribution is -2.35. The number of hydrogen-bond donors (Lipinski definition) is 2. The molecule has 0 radical (unpaired) electrons. The highest BCUT2D eigenvalue weighted by Crippen LogP contribution is 2.34. The second-order valence-corrected chi connectivity index (χ2v) is 7.56. The van der Waals surface area contributed by atoms with Gasteiger partial charge in [0.2, 0.25) is 10.0 Å². The van der Waals surface area contributed by atoms with Gasteiger partial charge < -0.3 is 5.73 Å². The van der Waals surface area contributed by atoms with Crippen LogP contribution in [0.2, 0.25) is 0 Å². The summed E-state index contributed by atoms with van der Waals surface area (Å²) in [4.78, 5) is 0.204. The van der Waals surface area contributed by atoms with E-state index in [1.807, 2.05) is 20.8 Å². The minimum atomic E-state index is -3.53. The molecule has 1 saturated carbocycles. The minimum Gasteiger partial charge on any atom is -0.398 e. The van der Waals surface area contributed by atoms with Crippen LogP contribution in [0.15, 0.2) is 17.0 Å². The first-order chi connectivity index (χ1) is 9.33. The lowest BCUT2D eigenvalue weighted by atomic mass is 10.1. The van der Waals surface area contributed by atoms with Crippen molar-refractivity contribution in [2.24, 2.45) is 5.92 Å². The molecule has 0 aliphatic heterocycles. The Morgan fingerprint density at radius 3 is 2.45 bits per heavy atom. The highest BCUT2D eigenvalue weighted by atomic mass is 32.2. The Hall–Kier alpha value is -1.07. The van der Waals surface area contributed by atoms with E-state index in [0.717, 1.165) is 24.0 Å². The van der Waals surface area contributed by atoms with Gasteiger partial charge in [-0.15, -0.1) is 0 Å². The first-order valence-electron chi connectivity index (χ1n) is 7.22. The van der Waals surface area contributed by atoms with Gasteiger partial charge in [0.1, 0.15) is 4.90 Å². The van der Waals surface area contributed by atoms with Crippen LogP contribution in [-0.2, 0) is 10.0 Å². The van der Waals surface area contributed by atoms with Gasteiger partial charge in [0, 0.05) is 6.04 Å². The molecule has 1 atom stereocenters. The number of nitrogens with one attached hydrogen (secondary N) is 1. The second-order valence-electron chi connectivity index (χ2n) is 5.88. The number of sulfonamides is 1. The molecule has 0 bridgehead atoms. The Balaban J connectivity index is 2.22. The lowest BCUT2D eigenvalue weighted by molar-refractivity contribution is 0.495. The zero-order valence-electron chi connectivity index (χ0n) is 12.4. The molecule has 0 spiro atoms. The average Bonchev–Trinajstić information content (AvgIpc) is 3.16. The van der Waals surface area contributed by atoms with Crippen molar-refractivity contribution in [2.75, 3.05) is 5.73 Å². The van der Waals surface area contributed by atoms with Crippen molar-refractivity contribution in [3.05, 3.63) is 23.3 Å². The highest BCUT2D eigenvalue weighted by Gasteiger charge is 2.28. The van der Waals surface area contributed by atoms with Crippen molar-refractivity contribution in [2.45, 2.75) is 57.4 Å². The zero-order valence-corrected chi connectivity index (χ0v) is 13.3. The summed E-state index contributed by atoms with van der Waals surface area (Å²) >= 11 is 0. The van der Waals surface area contributed by atoms with Crippen LogP contribution < -0.4 is 10.5 Å². The molecule has 5 heteroatoms. The van der Waals surface area contributed by atoms with Crippen LogP contribution >= 0.6 is 0 Å². The third-order valence-electron chi connectivity index (χ3n) is 4.05. The quantitative estimate of drug-likeness (QED) is 0.793. The van der Waals surface area contributed by atoms with E-state index < -0.39 is 10.0 Å². The van der Waals surface area contributed by atoms with Gasteiger partial charge in [0.15, 0.2) is 0 Å². The zero-order chi connectivity index (χ0) is 14.9. The SMILES string of the molecule is CCC(CC1CC1)NS(=O)(=O)c1cc(C)c(C)cc1N. The molecule has 0 aromatic heterocycles. The molecule has 1 aromatic rings. The van der Waals surface area contributed by atoms with E-state index >= 15 is 0 Å². The number of benzene rings is 1. The van der Waals surface area contributed by atoms with Crippen molar-refractivity contribution in [3.63, 3.8) is 0 Å². The molecule has 2 rings (SSSR count). The summed E-state index contributed by atoms with van der Waals surface area (Å²) in [7, 11) is -3.53. The third-order valence-corrected chi connectivity index (χ3v) is 5.62. The molecule has 20 heavy (non-hydrogen) atoms.